The van der Waals surface area contributed by atoms with Gasteiger partial charge in [-0.2, -0.15) is 5.26 Å². The van der Waals surface area contributed by atoms with Gasteiger partial charge in [-0.3, -0.25) is 0 Å². The number of rotatable bonds is 3. The Morgan fingerprint density at radius 3 is 2.74 bits per heavy atom. The molecule has 0 radical (unpaired) electrons. The highest BCUT2D eigenvalue weighted by Crippen LogP contribution is 2.23. The van der Waals surface area contributed by atoms with Crippen LogP contribution in [0.1, 0.15) is 11.1 Å². The van der Waals surface area contributed by atoms with Crippen molar-refractivity contribution in [3.8, 4) is 6.07 Å². The monoisotopic (exact) mass is 271 g/mol. The van der Waals surface area contributed by atoms with Gasteiger partial charge in [-0.1, -0.05) is 23.7 Å². The molecule has 0 fully saturated rings. The molecule has 0 amide bonds. The highest BCUT2D eigenvalue weighted by molar-refractivity contribution is 6.30. The number of hydrogen-bond acceptors (Lipinski definition) is 3. The molecule has 96 valence electrons. The molecule has 0 heterocycles. The average molecular weight is 272 g/mol. The molecule has 0 atom stereocenters. The van der Waals surface area contributed by atoms with Crippen LogP contribution < -0.4 is 10.6 Å². The van der Waals surface area contributed by atoms with Crippen molar-refractivity contribution in [3.63, 3.8) is 0 Å². The van der Waals surface area contributed by atoms with E-state index in [0.29, 0.717) is 22.8 Å². The molecule has 2 aromatic carbocycles. The zero-order valence-electron chi connectivity index (χ0n) is 10.6. The highest BCUT2D eigenvalue weighted by Gasteiger charge is 2.08. The Labute approximate surface area is 117 Å². The zero-order chi connectivity index (χ0) is 13.8. The largest absolute Gasteiger partial charge is 0.399 e. The predicted molar refractivity (Wildman–Crippen MR) is 79.1 cm³/mol. The molecule has 0 aliphatic rings. The van der Waals surface area contributed by atoms with Crippen molar-refractivity contribution in [3.05, 3.63) is 58.6 Å². The highest BCUT2D eigenvalue weighted by atomic mass is 35.5. The molecular formula is C15H14ClN3. The van der Waals surface area contributed by atoms with Crippen molar-refractivity contribution >= 4 is 23.0 Å². The third-order valence-corrected chi connectivity index (χ3v) is 3.10. The predicted octanol–water partition coefficient (Wildman–Crippen LogP) is 3.43. The van der Waals surface area contributed by atoms with E-state index in [1.807, 2.05) is 42.3 Å². The number of halogens is 1. The van der Waals surface area contributed by atoms with Crippen LogP contribution in [-0.4, -0.2) is 7.05 Å². The summed E-state index contributed by atoms with van der Waals surface area (Å²) in [6, 6.07) is 15.2. The Morgan fingerprint density at radius 1 is 1.26 bits per heavy atom. The Kier molecular flexibility index (Phi) is 3.94. The van der Waals surface area contributed by atoms with Crippen LogP contribution in [0.25, 0.3) is 0 Å². The number of nitrogens with two attached hydrogens (primary N) is 1. The lowest BCUT2D eigenvalue weighted by molar-refractivity contribution is 0.921. The van der Waals surface area contributed by atoms with Gasteiger partial charge < -0.3 is 10.6 Å². The van der Waals surface area contributed by atoms with Gasteiger partial charge in [0.2, 0.25) is 0 Å². The van der Waals surface area contributed by atoms with E-state index in [1.54, 1.807) is 12.1 Å². The SMILES string of the molecule is CN(Cc1cccc(Cl)c1)c1ccc(N)cc1C#N. The van der Waals surface area contributed by atoms with Crippen molar-refractivity contribution < 1.29 is 0 Å². The molecule has 2 N–H and O–H groups in total. The standard InChI is InChI=1S/C15H14ClN3/c1-19(10-11-3-2-4-13(16)7-11)15-6-5-14(18)8-12(15)9-17/h2-8H,10,18H2,1H3. The van der Waals surface area contributed by atoms with Crippen LogP contribution in [0.3, 0.4) is 0 Å². The van der Waals surface area contributed by atoms with Gasteiger partial charge in [-0.25, -0.2) is 0 Å². The number of hydrogen-bond donors (Lipinski definition) is 1. The number of nitriles is 1. The summed E-state index contributed by atoms with van der Waals surface area (Å²) in [4.78, 5) is 2.00. The average Bonchev–Trinajstić information content (AvgIpc) is 2.38. The molecule has 0 bridgehead atoms. The Bertz CT molecular complexity index is 632. The fourth-order valence-electron chi connectivity index (χ4n) is 1.97. The summed E-state index contributed by atoms with van der Waals surface area (Å²) in [5.41, 5.74) is 8.81. The van der Waals surface area contributed by atoms with Gasteiger partial charge in [0.1, 0.15) is 6.07 Å². The van der Waals surface area contributed by atoms with Crippen LogP contribution >= 0.6 is 11.6 Å². The molecule has 2 aromatic rings. The minimum atomic E-state index is 0.574. The first kappa shape index (κ1) is 13.3. The molecule has 0 saturated heterocycles. The molecule has 0 aliphatic heterocycles. The maximum absolute atomic E-state index is 9.15. The smallest absolute Gasteiger partial charge is 0.101 e. The summed E-state index contributed by atoms with van der Waals surface area (Å²) >= 11 is 5.97. The summed E-state index contributed by atoms with van der Waals surface area (Å²) in [6.45, 7) is 0.680. The molecule has 0 spiro atoms. The lowest BCUT2D eigenvalue weighted by Crippen LogP contribution is -2.17. The molecular weight excluding hydrogens is 258 g/mol. The van der Waals surface area contributed by atoms with Gasteiger partial charge in [0.25, 0.3) is 0 Å². The van der Waals surface area contributed by atoms with Crippen molar-refractivity contribution in [2.75, 3.05) is 17.7 Å². The van der Waals surface area contributed by atoms with E-state index >= 15 is 0 Å². The first-order valence-electron chi connectivity index (χ1n) is 5.85. The number of nitrogen functional groups attached to an aromatic ring is 1. The molecule has 0 saturated carbocycles. The normalized spacial score (nSPS) is 9.95. The molecule has 3 nitrogen and oxygen atoms in total. The van der Waals surface area contributed by atoms with Gasteiger partial charge in [0, 0.05) is 24.3 Å². The van der Waals surface area contributed by atoms with Crippen LogP contribution in [0.2, 0.25) is 5.02 Å². The van der Waals surface area contributed by atoms with Gasteiger partial charge in [-0.05, 0) is 35.9 Å². The molecule has 0 aliphatic carbocycles. The lowest BCUT2D eigenvalue weighted by Gasteiger charge is -2.21. The van der Waals surface area contributed by atoms with Crippen molar-refractivity contribution in [1.29, 1.82) is 5.26 Å². The zero-order valence-corrected chi connectivity index (χ0v) is 11.4. The Balaban J connectivity index is 2.25. The second kappa shape index (κ2) is 5.64. The van der Waals surface area contributed by atoms with Gasteiger partial charge >= 0.3 is 0 Å². The molecule has 2 rings (SSSR count). The maximum Gasteiger partial charge on any atom is 0.101 e. The van der Waals surface area contributed by atoms with E-state index in [2.05, 4.69) is 6.07 Å². The van der Waals surface area contributed by atoms with Gasteiger partial charge in [-0.15, -0.1) is 0 Å². The van der Waals surface area contributed by atoms with E-state index in [9.17, 15) is 0 Å². The first-order valence-corrected chi connectivity index (χ1v) is 6.23. The summed E-state index contributed by atoms with van der Waals surface area (Å²) in [5, 5.41) is 9.86. The fourth-order valence-corrected chi connectivity index (χ4v) is 2.18. The molecule has 0 aromatic heterocycles. The Morgan fingerprint density at radius 2 is 2.05 bits per heavy atom. The van der Waals surface area contributed by atoms with Gasteiger partial charge in [0.15, 0.2) is 0 Å². The fraction of sp³-hybridized carbons (Fsp3) is 0.133. The number of nitrogens with zero attached hydrogens (tertiary/aromatic N) is 2. The molecule has 0 unspecified atom stereocenters. The second-order valence-corrected chi connectivity index (χ2v) is 4.81. The van der Waals surface area contributed by atoms with E-state index in [0.717, 1.165) is 11.3 Å². The van der Waals surface area contributed by atoms with Crippen LogP contribution in [0.5, 0.6) is 0 Å². The van der Waals surface area contributed by atoms with Crippen LogP contribution in [0.15, 0.2) is 42.5 Å². The van der Waals surface area contributed by atoms with E-state index in [1.165, 1.54) is 0 Å². The summed E-state index contributed by atoms with van der Waals surface area (Å²) < 4.78 is 0. The second-order valence-electron chi connectivity index (χ2n) is 4.37. The topological polar surface area (TPSA) is 53.0 Å². The summed E-state index contributed by atoms with van der Waals surface area (Å²) in [5.74, 6) is 0. The maximum atomic E-state index is 9.15. The molecule has 4 heteroatoms. The minimum Gasteiger partial charge on any atom is -0.399 e. The van der Waals surface area contributed by atoms with Gasteiger partial charge in [0.05, 0.1) is 11.3 Å². The van der Waals surface area contributed by atoms with Crippen molar-refractivity contribution in [2.45, 2.75) is 6.54 Å². The summed E-state index contributed by atoms with van der Waals surface area (Å²) in [7, 11) is 1.94. The van der Waals surface area contributed by atoms with Crippen molar-refractivity contribution in [2.24, 2.45) is 0 Å². The Hall–Kier alpha value is -2.18. The third kappa shape index (κ3) is 3.18. The van der Waals surface area contributed by atoms with Crippen molar-refractivity contribution in [1.82, 2.24) is 0 Å². The van der Waals surface area contributed by atoms with E-state index in [4.69, 9.17) is 22.6 Å². The third-order valence-electron chi connectivity index (χ3n) is 2.86. The van der Waals surface area contributed by atoms with E-state index < -0.39 is 0 Å². The minimum absolute atomic E-state index is 0.574. The quantitative estimate of drug-likeness (QED) is 0.870. The number of benzene rings is 2. The first-order chi connectivity index (χ1) is 9.10. The lowest BCUT2D eigenvalue weighted by atomic mass is 10.1. The summed E-state index contributed by atoms with van der Waals surface area (Å²) in [6.07, 6.45) is 0. The van der Waals surface area contributed by atoms with E-state index in [-0.39, 0.29) is 0 Å². The van der Waals surface area contributed by atoms with Crippen LogP contribution in [0, 0.1) is 11.3 Å². The number of anilines is 2. The molecule has 19 heavy (non-hydrogen) atoms. The van der Waals surface area contributed by atoms with Crippen LogP contribution in [0.4, 0.5) is 11.4 Å². The van der Waals surface area contributed by atoms with Crippen LogP contribution in [-0.2, 0) is 6.54 Å².